The number of anilines is 1. The summed E-state index contributed by atoms with van der Waals surface area (Å²) in [4.78, 5) is 5.08. The summed E-state index contributed by atoms with van der Waals surface area (Å²) in [6.45, 7) is 2.12. The lowest BCUT2D eigenvalue weighted by Gasteiger charge is -2.53. The molecular weight excluding hydrogens is 244 g/mol. The van der Waals surface area contributed by atoms with E-state index in [0.29, 0.717) is 6.04 Å². The van der Waals surface area contributed by atoms with Gasteiger partial charge in [-0.2, -0.15) is 0 Å². The molecule has 4 bridgehead atoms. The van der Waals surface area contributed by atoms with Crippen molar-refractivity contribution in [2.45, 2.75) is 45.1 Å². The average molecular weight is 268 g/mol. The van der Waals surface area contributed by atoms with Crippen LogP contribution < -0.4 is 5.32 Å². The van der Waals surface area contributed by atoms with Gasteiger partial charge in [-0.25, -0.2) is 0 Å². The van der Waals surface area contributed by atoms with Crippen LogP contribution in [0.15, 0.2) is 35.3 Å². The first-order valence-corrected chi connectivity index (χ1v) is 8.14. The predicted octanol–water partition coefficient (Wildman–Crippen LogP) is 4.34. The molecule has 4 saturated carbocycles. The Hall–Kier alpha value is -1.31. The second-order valence-electron chi connectivity index (χ2n) is 7.13. The van der Waals surface area contributed by atoms with Crippen LogP contribution in [0.1, 0.15) is 39.0 Å². The molecule has 0 radical (unpaired) electrons. The quantitative estimate of drug-likeness (QED) is 0.626. The first-order chi connectivity index (χ1) is 9.78. The largest absolute Gasteiger partial charge is 0.344 e. The van der Waals surface area contributed by atoms with E-state index in [-0.39, 0.29) is 0 Å². The van der Waals surface area contributed by atoms with Gasteiger partial charge in [0.15, 0.2) is 0 Å². The highest BCUT2D eigenvalue weighted by atomic mass is 15.0. The number of hydrogen-bond acceptors (Lipinski definition) is 1. The topological polar surface area (TPSA) is 24.4 Å². The second kappa shape index (κ2) is 4.91. The van der Waals surface area contributed by atoms with Gasteiger partial charge in [0.25, 0.3) is 0 Å². The van der Waals surface area contributed by atoms with Gasteiger partial charge in [0.05, 0.1) is 11.9 Å². The maximum Gasteiger partial charge on any atom is 0.0979 e. The van der Waals surface area contributed by atoms with E-state index in [1.165, 1.54) is 32.1 Å². The van der Waals surface area contributed by atoms with Gasteiger partial charge in [-0.3, -0.25) is 4.99 Å². The Morgan fingerprint density at radius 1 is 0.950 bits per heavy atom. The van der Waals surface area contributed by atoms with Crippen LogP contribution in [-0.2, 0) is 0 Å². The SMILES string of the molecule is CC(=NC1C2CC3CC(C2)CC1C3)Nc1ccccc1. The lowest BCUT2D eigenvalue weighted by Crippen LogP contribution is -2.47. The Morgan fingerprint density at radius 3 is 2.15 bits per heavy atom. The molecule has 0 atom stereocenters. The fourth-order valence-electron chi connectivity index (χ4n) is 5.09. The van der Waals surface area contributed by atoms with Crippen molar-refractivity contribution >= 4 is 11.5 Å². The molecule has 1 N–H and O–H groups in total. The van der Waals surface area contributed by atoms with Crippen LogP contribution in [0.4, 0.5) is 5.69 Å². The van der Waals surface area contributed by atoms with Crippen molar-refractivity contribution in [3.63, 3.8) is 0 Å². The van der Waals surface area contributed by atoms with Crippen molar-refractivity contribution in [1.29, 1.82) is 0 Å². The van der Waals surface area contributed by atoms with Crippen LogP contribution in [0.3, 0.4) is 0 Å². The van der Waals surface area contributed by atoms with Crippen LogP contribution >= 0.6 is 0 Å². The van der Waals surface area contributed by atoms with Crippen molar-refractivity contribution in [2.75, 3.05) is 5.32 Å². The Bertz CT molecular complexity index is 477. The molecule has 1 aromatic rings. The molecule has 4 aliphatic rings. The molecule has 0 amide bonds. The number of hydrogen-bond donors (Lipinski definition) is 1. The third kappa shape index (κ3) is 2.25. The first-order valence-electron chi connectivity index (χ1n) is 8.14. The molecule has 0 saturated heterocycles. The summed E-state index contributed by atoms with van der Waals surface area (Å²) in [6.07, 6.45) is 7.30. The summed E-state index contributed by atoms with van der Waals surface area (Å²) in [5, 5.41) is 3.45. The van der Waals surface area contributed by atoms with E-state index in [2.05, 4.69) is 42.6 Å². The molecule has 0 heterocycles. The fraction of sp³-hybridized carbons (Fsp3) is 0.611. The summed E-state index contributed by atoms with van der Waals surface area (Å²) in [5.74, 6) is 4.91. The fourth-order valence-corrected chi connectivity index (χ4v) is 5.09. The van der Waals surface area contributed by atoms with Crippen molar-refractivity contribution in [3.8, 4) is 0 Å². The average Bonchev–Trinajstić information content (AvgIpc) is 2.43. The van der Waals surface area contributed by atoms with Gasteiger partial charge < -0.3 is 5.32 Å². The zero-order chi connectivity index (χ0) is 13.5. The second-order valence-corrected chi connectivity index (χ2v) is 7.13. The van der Waals surface area contributed by atoms with Gasteiger partial charge in [-0.15, -0.1) is 0 Å². The van der Waals surface area contributed by atoms with E-state index < -0.39 is 0 Å². The first kappa shape index (κ1) is 12.4. The Labute approximate surface area is 121 Å². The molecule has 20 heavy (non-hydrogen) atoms. The highest BCUT2D eigenvalue weighted by Gasteiger charge is 2.48. The van der Waals surface area contributed by atoms with Gasteiger partial charge in [0.1, 0.15) is 0 Å². The van der Waals surface area contributed by atoms with Crippen LogP contribution in [0.2, 0.25) is 0 Å². The number of rotatable bonds is 2. The molecule has 0 aromatic heterocycles. The molecule has 1 aromatic carbocycles. The normalized spacial score (nSPS) is 39.0. The predicted molar refractivity (Wildman–Crippen MR) is 84.0 cm³/mol. The third-order valence-corrected chi connectivity index (χ3v) is 5.62. The molecule has 5 rings (SSSR count). The van der Waals surface area contributed by atoms with Crippen LogP contribution in [0.5, 0.6) is 0 Å². The maximum atomic E-state index is 5.08. The number of nitrogens with zero attached hydrogens (tertiary/aromatic N) is 1. The summed E-state index contributed by atoms with van der Waals surface area (Å²) in [7, 11) is 0. The van der Waals surface area contributed by atoms with E-state index in [1.54, 1.807) is 0 Å². The molecule has 0 aliphatic heterocycles. The zero-order valence-corrected chi connectivity index (χ0v) is 12.3. The highest BCUT2D eigenvalue weighted by Crippen LogP contribution is 2.54. The van der Waals surface area contributed by atoms with Crippen LogP contribution in [0.25, 0.3) is 0 Å². The minimum absolute atomic E-state index is 0.596. The summed E-state index contributed by atoms with van der Waals surface area (Å²) in [5.41, 5.74) is 1.15. The van der Waals surface area contributed by atoms with E-state index in [0.717, 1.165) is 35.2 Å². The molecule has 2 nitrogen and oxygen atoms in total. The summed E-state index contributed by atoms with van der Waals surface area (Å²) < 4.78 is 0. The maximum absolute atomic E-state index is 5.08. The van der Waals surface area contributed by atoms with E-state index in [4.69, 9.17) is 4.99 Å². The molecular formula is C18H24N2. The molecule has 2 heteroatoms. The molecule has 4 fully saturated rings. The Kier molecular flexibility index (Phi) is 3.05. The van der Waals surface area contributed by atoms with Crippen LogP contribution in [0, 0.1) is 23.7 Å². The van der Waals surface area contributed by atoms with Crippen molar-refractivity contribution in [1.82, 2.24) is 0 Å². The van der Waals surface area contributed by atoms with Gasteiger partial charge in [-0.05, 0) is 74.8 Å². The van der Waals surface area contributed by atoms with Gasteiger partial charge in [0.2, 0.25) is 0 Å². The monoisotopic (exact) mass is 268 g/mol. The minimum atomic E-state index is 0.596. The zero-order valence-electron chi connectivity index (χ0n) is 12.3. The summed E-state index contributed by atoms with van der Waals surface area (Å²) in [6, 6.07) is 11.0. The lowest BCUT2D eigenvalue weighted by atomic mass is 9.54. The molecule has 4 aliphatic carbocycles. The number of para-hydroxylation sites is 1. The standard InChI is InChI=1S/C18H24N2/c1-12(19-17-5-3-2-4-6-17)20-18-15-8-13-7-14(10-15)11-16(18)9-13/h2-6,13-16,18H,7-11H2,1H3,(H,19,20). The third-order valence-electron chi connectivity index (χ3n) is 5.62. The van der Waals surface area contributed by atoms with Gasteiger partial charge in [-0.1, -0.05) is 18.2 Å². The van der Waals surface area contributed by atoms with Crippen molar-refractivity contribution < 1.29 is 0 Å². The lowest BCUT2D eigenvalue weighted by molar-refractivity contribution is 0.00126. The van der Waals surface area contributed by atoms with E-state index >= 15 is 0 Å². The van der Waals surface area contributed by atoms with Crippen molar-refractivity contribution in [3.05, 3.63) is 30.3 Å². The summed E-state index contributed by atoms with van der Waals surface area (Å²) >= 11 is 0. The minimum Gasteiger partial charge on any atom is -0.344 e. The highest BCUT2D eigenvalue weighted by molar-refractivity contribution is 5.93. The van der Waals surface area contributed by atoms with Crippen LogP contribution in [-0.4, -0.2) is 11.9 Å². The van der Waals surface area contributed by atoms with E-state index in [1.807, 2.05) is 0 Å². The molecule has 0 unspecified atom stereocenters. The molecule has 106 valence electrons. The Morgan fingerprint density at radius 2 is 1.55 bits per heavy atom. The smallest absolute Gasteiger partial charge is 0.0979 e. The van der Waals surface area contributed by atoms with Gasteiger partial charge >= 0.3 is 0 Å². The van der Waals surface area contributed by atoms with E-state index in [9.17, 15) is 0 Å². The van der Waals surface area contributed by atoms with Crippen molar-refractivity contribution in [2.24, 2.45) is 28.7 Å². The number of amidine groups is 1. The number of aliphatic imine (C=N–C) groups is 1. The number of nitrogens with one attached hydrogen (secondary N) is 1. The Balaban J connectivity index is 1.49. The number of benzene rings is 1. The molecule has 0 spiro atoms. The van der Waals surface area contributed by atoms with Gasteiger partial charge in [0, 0.05) is 5.69 Å².